The standard InChI is InChI=1S/C27H28F7NO5S/c1-3-39-24(36)26(9-10-26)15-40-21-13-22-20(12-19(21)27(32,33)34)35(18-6-4-5-17(28)11-18)14-16(7-8-25(2,30)31)23(29)41(22,37)38/h4-6,11-13,16,23H,3,7-10,14-15H2,1-2H3/t16-,23+/m0/s1. The van der Waals surface area contributed by atoms with Gasteiger partial charge < -0.3 is 14.4 Å². The Bertz CT molecular complexity index is 1400. The Kier molecular flexibility index (Phi) is 8.29. The molecule has 1 heterocycles. The number of nitrogens with zero attached hydrogens (tertiary/aromatic N) is 1. The number of benzene rings is 2. The van der Waals surface area contributed by atoms with Crippen LogP contribution in [0.1, 0.15) is 45.1 Å². The minimum absolute atomic E-state index is 0.0321. The summed E-state index contributed by atoms with van der Waals surface area (Å²) in [7, 11) is -5.06. The zero-order valence-corrected chi connectivity index (χ0v) is 22.9. The highest BCUT2D eigenvalue weighted by Crippen LogP contribution is 2.50. The van der Waals surface area contributed by atoms with Crippen LogP contribution in [-0.4, -0.2) is 45.6 Å². The molecule has 1 aliphatic carbocycles. The normalized spacial score (nSPS) is 21.5. The van der Waals surface area contributed by atoms with E-state index in [1.165, 1.54) is 12.1 Å². The third kappa shape index (κ3) is 6.57. The topological polar surface area (TPSA) is 72.9 Å². The van der Waals surface area contributed by atoms with Crippen molar-refractivity contribution in [2.45, 2.75) is 62.0 Å². The van der Waals surface area contributed by atoms with Crippen molar-refractivity contribution in [2.24, 2.45) is 11.3 Å². The first-order valence-corrected chi connectivity index (χ1v) is 14.4. The average Bonchev–Trinajstić information content (AvgIpc) is 3.67. The minimum atomic E-state index is -5.09. The number of hydrogen-bond acceptors (Lipinski definition) is 6. The smallest absolute Gasteiger partial charge is 0.420 e. The molecule has 2 aromatic rings. The van der Waals surface area contributed by atoms with Crippen molar-refractivity contribution in [2.75, 3.05) is 24.7 Å². The van der Waals surface area contributed by atoms with Gasteiger partial charge in [0.25, 0.3) is 0 Å². The second-order valence-electron chi connectivity index (χ2n) is 10.5. The number of alkyl halides is 6. The molecule has 1 saturated carbocycles. The minimum Gasteiger partial charge on any atom is -0.492 e. The monoisotopic (exact) mass is 611 g/mol. The maximum absolute atomic E-state index is 15.7. The van der Waals surface area contributed by atoms with Crippen molar-refractivity contribution in [3.63, 3.8) is 0 Å². The van der Waals surface area contributed by atoms with E-state index < -0.39 is 98.4 Å². The van der Waals surface area contributed by atoms with Crippen LogP contribution in [0.3, 0.4) is 0 Å². The Balaban J connectivity index is 1.86. The van der Waals surface area contributed by atoms with E-state index in [-0.39, 0.29) is 25.1 Å². The SMILES string of the molecule is CCOC(=O)C1(COc2cc3c(cc2C(F)(F)F)N(c2cccc(F)c2)C[C@H](CCC(C)(F)F)[C@H](F)S3(=O)=O)CC1. The third-order valence-electron chi connectivity index (χ3n) is 7.19. The van der Waals surface area contributed by atoms with Gasteiger partial charge in [-0.25, -0.2) is 26.0 Å². The largest absolute Gasteiger partial charge is 0.492 e. The summed E-state index contributed by atoms with van der Waals surface area (Å²) in [6.07, 6.45) is -6.05. The molecule has 2 aromatic carbocycles. The van der Waals surface area contributed by atoms with Crippen LogP contribution in [0.5, 0.6) is 5.75 Å². The van der Waals surface area contributed by atoms with Gasteiger partial charge in [0.15, 0.2) is 0 Å². The molecule has 0 radical (unpaired) electrons. The summed E-state index contributed by atoms with van der Waals surface area (Å²) < 4.78 is 137. The van der Waals surface area contributed by atoms with Crippen LogP contribution in [0.25, 0.3) is 0 Å². The summed E-state index contributed by atoms with van der Waals surface area (Å²) in [5.41, 5.74) is -6.10. The highest BCUT2D eigenvalue weighted by Gasteiger charge is 2.53. The van der Waals surface area contributed by atoms with Gasteiger partial charge in [0.1, 0.15) is 23.6 Å². The zero-order chi connectivity index (χ0) is 30.4. The predicted octanol–water partition coefficient (Wildman–Crippen LogP) is 6.84. The van der Waals surface area contributed by atoms with Gasteiger partial charge in [-0.05, 0) is 57.4 Å². The van der Waals surface area contributed by atoms with Crippen molar-refractivity contribution < 1.29 is 53.4 Å². The summed E-state index contributed by atoms with van der Waals surface area (Å²) in [5, 5.41) is 0. The number of carbonyl (C=O) groups is 1. The quantitative estimate of drug-likeness (QED) is 0.229. The average molecular weight is 612 g/mol. The number of sulfone groups is 1. The molecule has 0 amide bonds. The van der Waals surface area contributed by atoms with Gasteiger partial charge >= 0.3 is 12.1 Å². The fourth-order valence-electron chi connectivity index (χ4n) is 4.73. The summed E-state index contributed by atoms with van der Waals surface area (Å²) in [6.45, 7) is 0.989. The Morgan fingerprint density at radius 3 is 2.37 bits per heavy atom. The van der Waals surface area contributed by atoms with Crippen molar-refractivity contribution >= 4 is 27.2 Å². The Morgan fingerprint density at radius 2 is 1.80 bits per heavy atom. The molecule has 2 atom stereocenters. The molecule has 1 aliphatic heterocycles. The van der Waals surface area contributed by atoms with Crippen LogP contribution in [0, 0.1) is 17.2 Å². The van der Waals surface area contributed by atoms with E-state index in [1.54, 1.807) is 6.92 Å². The Morgan fingerprint density at radius 1 is 1.12 bits per heavy atom. The van der Waals surface area contributed by atoms with Crippen molar-refractivity contribution in [3.8, 4) is 5.75 Å². The van der Waals surface area contributed by atoms with E-state index in [0.717, 1.165) is 17.0 Å². The van der Waals surface area contributed by atoms with Gasteiger partial charge in [-0.1, -0.05) is 6.07 Å². The van der Waals surface area contributed by atoms with Gasteiger partial charge in [0.2, 0.25) is 21.3 Å². The van der Waals surface area contributed by atoms with Crippen LogP contribution in [0.4, 0.5) is 42.1 Å². The molecule has 0 bridgehead atoms. The Hall–Kier alpha value is -3.03. The first-order chi connectivity index (χ1) is 19.0. The van der Waals surface area contributed by atoms with Crippen LogP contribution in [-0.2, 0) is 25.5 Å². The third-order valence-corrected chi connectivity index (χ3v) is 9.11. The molecule has 0 spiro atoms. The molecule has 0 unspecified atom stereocenters. The van der Waals surface area contributed by atoms with Crippen LogP contribution >= 0.6 is 0 Å². The number of rotatable bonds is 9. The molecule has 14 heteroatoms. The van der Waals surface area contributed by atoms with E-state index in [4.69, 9.17) is 9.47 Å². The van der Waals surface area contributed by atoms with Crippen molar-refractivity contribution in [3.05, 3.63) is 47.8 Å². The van der Waals surface area contributed by atoms with Gasteiger partial charge in [0.05, 0.1) is 22.8 Å². The van der Waals surface area contributed by atoms with Crippen LogP contribution in [0.15, 0.2) is 41.3 Å². The predicted molar refractivity (Wildman–Crippen MR) is 134 cm³/mol. The van der Waals surface area contributed by atoms with Crippen LogP contribution in [0.2, 0.25) is 0 Å². The second kappa shape index (κ2) is 11.0. The molecule has 0 saturated heterocycles. The summed E-state index contributed by atoms with van der Waals surface area (Å²) in [5.74, 6) is -7.31. The van der Waals surface area contributed by atoms with Gasteiger partial charge in [0, 0.05) is 30.6 Å². The number of fused-ring (bicyclic) bond motifs is 1. The lowest BCUT2D eigenvalue weighted by Crippen LogP contribution is -2.32. The summed E-state index contributed by atoms with van der Waals surface area (Å²) in [6, 6.07) is 5.44. The molecule has 6 nitrogen and oxygen atoms in total. The summed E-state index contributed by atoms with van der Waals surface area (Å²) in [4.78, 5) is 12.4. The van der Waals surface area contributed by atoms with Crippen molar-refractivity contribution in [1.29, 1.82) is 0 Å². The molecule has 226 valence electrons. The highest BCUT2D eigenvalue weighted by atomic mass is 32.2. The van der Waals surface area contributed by atoms with E-state index in [9.17, 15) is 39.6 Å². The molecule has 0 aromatic heterocycles. The zero-order valence-electron chi connectivity index (χ0n) is 22.1. The summed E-state index contributed by atoms with van der Waals surface area (Å²) >= 11 is 0. The van der Waals surface area contributed by atoms with E-state index in [2.05, 4.69) is 0 Å². The number of carbonyl (C=O) groups excluding carboxylic acids is 1. The maximum atomic E-state index is 15.7. The molecule has 2 aliphatic rings. The number of ether oxygens (including phenoxy) is 2. The number of halogens is 7. The lowest BCUT2D eigenvalue weighted by Gasteiger charge is -2.29. The number of esters is 1. The molecule has 0 N–H and O–H groups in total. The van der Waals surface area contributed by atoms with Crippen LogP contribution < -0.4 is 9.64 Å². The van der Waals surface area contributed by atoms with E-state index in [0.29, 0.717) is 19.1 Å². The van der Waals surface area contributed by atoms with Gasteiger partial charge in [-0.2, -0.15) is 13.2 Å². The molecule has 41 heavy (non-hydrogen) atoms. The molecule has 1 fully saturated rings. The number of anilines is 2. The lowest BCUT2D eigenvalue weighted by molar-refractivity contribution is -0.151. The fourth-order valence-corrected chi connectivity index (χ4v) is 6.43. The first kappa shape index (κ1) is 30.9. The van der Waals surface area contributed by atoms with Gasteiger partial charge in [-0.15, -0.1) is 0 Å². The second-order valence-corrected chi connectivity index (χ2v) is 12.4. The highest BCUT2D eigenvalue weighted by molar-refractivity contribution is 7.92. The molecular weight excluding hydrogens is 583 g/mol. The molecular formula is C27H28F7NO5S. The Labute approximate surface area is 232 Å². The lowest BCUT2D eigenvalue weighted by atomic mass is 10.00. The number of hydrogen-bond donors (Lipinski definition) is 0. The molecule has 4 rings (SSSR count). The van der Waals surface area contributed by atoms with E-state index in [1.807, 2.05) is 0 Å². The fraction of sp³-hybridized carbons (Fsp3) is 0.519. The van der Waals surface area contributed by atoms with E-state index >= 15 is 4.39 Å². The maximum Gasteiger partial charge on any atom is 0.420 e. The van der Waals surface area contributed by atoms with Crippen molar-refractivity contribution in [1.82, 2.24) is 0 Å². The first-order valence-electron chi connectivity index (χ1n) is 12.8. The van der Waals surface area contributed by atoms with Gasteiger partial charge in [-0.3, -0.25) is 4.79 Å².